The van der Waals surface area contributed by atoms with Gasteiger partial charge in [-0.3, -0.25) is 0 Å². The Labute approximate surface area is 119 Å². The van der Waals surface area contributed by atoms with Crippen molar-refractivity contribution in [3.05, 3.63) is 59.7 Å². The minimum Gasteiger partial charge on any atom is -0.378 e. The minimum atomic E-state index is -3.67. The van der Waals surface area contributed by atoms with Crippen LogP contribution in [0.25, 0.3) is 0 Å². The minimum absolute atomic E-state index is 0.0159. The molecule has 3 N–H and O–H groups in total. The van der Waals surface area contributed by atoms with Crippen LogP contribution in [-0.2, 0) is 10.0 Å². The van der Waals surface area contributed by atoms with Gasteiger partial charge in [0.1, 0.15) is 0 Å². The van der Waals surface area contributed by atoms with Crippen LogP contribution in [0.2, 0.25) is 0 Å². The second kappa shape index (κ2) is 5.64. The molecule has 2 aromatic carbocycles. The number of primary sulfonamides is 1. The summed E-state index contributed by atoms with van der Waals surface area (Å²) in [6.45, 7) is 4.00. The van der Waals surface area contributed by atoms with Crippen LogP contribution in [0.5, 0.6) is 0 Å². The summed E-state index contributed by atoms with van der Waals surface area (Å²) in [5.41, 5.74) is 3.04. The topological polar surface area (TPSA) is 72.2 Å². The molecule has 0 saturated carbocycles. The first kappa shape index (κ1) is 14.6. The molecule has 0 saturated heterocycles. The molecular weight excluding hydrogens is 272 g/mol. The third kappa shape index (κ3) is 3.37. The van der Waals surface area contributed by atoms with E-state index in [0.29, 0.717) is 0 Å². The molecule has 1 unspecified atom stereocenters. The largest absolute Gasteiger partial charge is 0.378 e. The number of nitrogens with one attached hydrogen (secondary N) is 1. The van der Waals surface area contributed by atoms with E-state index in [-0.39, 0.29) is 10.9 Å². The van der Waals surface area contributed by atoms with Crippen molar-refractivity contribution in [3.63, 3.8) is 0 Å². The number of hydrogen-bond donors (Lipinski definition) is 2. The van der Waals surface area contributed by atoms with Crippen LogP contribution < -0.4 is 10.5 Å². The second-order valence-electron chi connectivity index (χ2n) is 4.80. The normalized spacial score (nSPS) is 12.9. The SMILES string of the molecule is Cc1ccccc1NC(C)c1cccc(S(N)(=O)=O)c1. The number of hydrogen-bond acceptors (Lipinski definition) is 3. The van der Waals surface area contributed by atoms with Crippen LogP contribution in [0.15, 0.2) is 53.4 Å². The van der Waals surface area contributed by atoms with Crippen molar-refractivity contribution in [3.8, 4) is 0 Å². The van der Waals surface area contributed by atoms with Gasteiger partial charge in [0, 0.05) is 11.7 Å². The van der Waals surface area contributed by atoms with Crippen molar-refractivity contribution in [1.82, 2.24) is 0 Å². The molecular formula is C15H18N2O2S. The summed E-state index contributed by atoms with van der Waals surface area (Å²) in [5.74, 6) is 0. The van der Waals surface area contributed by atoms with Crippen molar-refractivity contribution in [1.29, 1.82) is 0 Å². The van der Waals surface area contributed by atoms with Crippen LogP contribution in [0.4, 0.5) is 5.69 Å². The summed E-state index contributed by atoms with van der Waals surface area (Å²) in [4.78, 5) is 0.133. The molecule has 106 valence electrons. The van der Waals surface area contributed by atoms with Gasteiger partial charge in [0.25, 0.3) is 0 Å². The zero-order valence-corrected chi connectivity index (χ0v) is 12.3. The Balaban J connectivity index is 2.26. The number of rotatable bonds is 4. The average molecular weight is 290 g/mol. The van der Waals surface area contributed by atoms with E-state index in [9.17, 15) is 8.42 Å². The van der Waals surface area contributed by atoms with Crippen LogP contribution in [0, 0.1) is 6.92 Å². The molecule has 0 amide bonds. The Hall–Kier alpha value is -1.85. The van der Waals surface area contributed by atoms with E-state index in [4.69, 9.17) is 5.14 Å². The van der Waals surface area contributed by atoms with E-state index in [1.54, 1.807) is 12.1 Å². The van der Waals surface area contributed by atoms with Gasteiger partial charge < -0.3 is 5.32 Å². The number of benzene rings is 2. The summed E-state index contributed by atoms with van der Waals surface area (Å²) in [7, 11) is -3.67. The van der Waals surface area contributed by atoms with Gasteiger partial charge in [-0.2, -0.15) is 0 Å². The Bertz CT molecular complexity index is 711. The molecule has 0 radical (unpaired) electrons. The predicted molar refractivity (Wildman–Crippen MR) is 81.0 cm³/mol. The van der Waals surface area contributed by atoms with Crippen LogP contribution in [0.1, 0.15) is 24.1 Å². The van der Waals surface area contributed by atoms with E-state index in [1.807, 2.05) is 44.2 Å². The van der Waals surface area contributed by atoms with E-state index in [0.717, 1.165) is 16.8 Å². The summed E-state index contributed by atoms with van der Waals surface area (Å²) < 4.78 is 22.8. The molecule has 2 rings (SSSR count). The van der Waals surface area contributed by atoms with Gasteiger partial charge in [-0.1, -0.05) is 30.3 Å². The quantitative estimate of drug-likeness (QED) is 0.909. The maximum Gasteiger partial charge on any atom is 0.238 e. The molecule has 5 heteroatoms. The lowest BCUT2D eigenvalue weighted by Gasteiger charge is -2.18. The Morgan fingerprint density at radius 2 is 1.80 bits per heavy atom. The molecule has 0 aliphatic heterocycles. The van der Waals surface area contributed by atoms with E-state index in [2.05, 4.69) is 5.32 Å². The van der Waals surface area contributed by atoms with Gasteiger partial charge in [-0.15, -0.1) is 0 Å². The van der Waals surface area contributed by atoms with Gasteiger partial charge in [-0.05, 0) is 43.2 Å². The lowest BCUT2D eigenvalue weighted by molar-refractivity contribution is 0.597. The molecule has 0 aliphatic carbocycles. The summed E-state index contributed by atoms with van der Waals surface area (Å²) >= 11 is 0. The van der Waals surface area contributed by atoms with Crippen molar-refractivity contribution in [2.75, 3.05) is 5.32 Å². The monoisotopic (exact) mass is 290 g/mol. The Kier molecular flexibility index (Phi) is 4.11. The Morgan fingerprint density at radius 1 is 1.10 bits per heavy atom. The first-order valence-corrected chi connectivity index (χ1v) is 7.87. The fraction of sp³-hybridized carbons (Fsp3) is 0.200. The van der Waals surface area contributed by atoms with Crippen LogP contribution >= 0.6 is 0 Å². The number of nitrogens with two attached hydrogens (primary N) is 1. The molecule has 0 heterocycles. The third-order valence-electron chi connectivity index (χ3n) is 3.20. The number of aryl methyl sites for hydroxylation is 1. The molecule has 0 fully saturated rings. The maximum atomic E-state index is 11.4. The predicted octanol–water partition coefficient (Wildman–Crippen LogP) is 2.82. The van der Waals surface area contributed by atoms with Crippen molar-refractivity contribution < 1.29 is 8.42 Å². The van der Waals surface area contributed by atoms with E-state index >= 15 is 0 Å². The zero-order chi connectivity index (χ0) is 14.8. The van der Waals surface area contributed by atoms with Crippen molar-refractivity contribution >= 4 is 15.7 Å². The van der Waals surface area contributed by atoms with Gasteiger partial charge in [0.15, 0.2) is 0 Å². The first-order valence-electron chi connectivity index (χ1n) is 6.33. The molecule has 20 heavy (non-hydrogen) atoms. The lowest BCUT2D eigenvalue weighted by atomic mass is 10.1. The van der Waals surface area contributed by atoms with E-state index < -0.39 is 10.0 Å². The fourth-order valence-electron chi connectivity index (χ4n) is 2.01. The molecule has 4 nitrogen and oxygen atoms in total. The van der Waals surface area contributed by atoms with Gasteiger partial charge in [0.2, 0.25) is 10.0 Å². The molecule has 0 aliphatic rings. The number of anilines is 1. The van der Waals surface area contributed by atoms with E-state index in [1.165, 1.54) is 6.07 Å². The highest BCUT2D eigenvalue weighted by atomic mass is 32.2. The van der Waals surface area contributed by atoms with Crippen LogP contribution in [-0.4, -0.2) is 8.42 Å². The Morgan fingerprint density at radius 3 is 2.45 bits per heavy atom. The van der Waals surface area contributed by atoms with Gasteiger partial charge in [0.05, 0.1) is 4.90 Å². The van der Waals surface area contributed by atoms with Crippen molar-refractivity contribution in [2.45, 2.75) is 24.8 Å². The molecule has 0 bridgehead atoms. The summed E-state index contributed by atoms with van der Waals surface area (Å²) in [6, 6.07) is 14.6. The zero-order valence-electron chi connectivity index (χ0n) is 11.5. The number of sulfonamides is 1. The standard InChI is InChI=1S/C15H18N2O2S/c1-11-6-3-4-9-15(11)17-12(2)13-7-5-8-14(10-13)20(16,18)19/h3-10,12,17H,1-2H3,(H2,16,18,19). The molecule has 0 aromatic heterocycles. The molecule has 2 aromatic rings. The fourth-order valence-corrected chi connectivity index (χ4v) is 2.58. The molecule has 1 atom stereocenters. The highest BCUT2D eigenvalue weighted by Crippen LogP contribution is 2.23. The third-order valence-corrected chi connectivity index (χ3v) is 4.11. The second-order valence-corrected chi connectivity index (χ2v) is 6.36. The summed E-state index contributed by atoms with van der Waals surface area (Å²) in [6.07, 6.45) is 0. The van der Waals surface area contributed by atoms with Gasteiger partial charge >= 0.3 is 0 Å². The van der Waals surface area contributed by atoms with Gasteiger partial charge in [-0.25, -0.2) is 13.6 Å². The van der Waals surface area contributed by atoms with Crippen molar-refractivity contribution in [2.24, 2.45) is 5.14 Å². The summed E-state index contributed by atoms with van der Waals surface area (Å²) in [5, 5.41) is 8.52. The first-order chi connectivity index (χ1) is 9.38. The smallest absolute Gasteiger partial charge is 0.238 e. The lowest BCUT2D eigenvalue weighted by Crippen LogP contribution is -2.13. The van der Waals surface area contributed by atoms with Crippen LogP contribution in [0.3, 0.4) is 0 Å². The molecule has 0 spiro atoms. The average Bonchev–Trinajstić information content (AvgIpc) is 2.40. The number of para-hydroxylation sites is 1. The highest BCUT2D eigenvalue weighted by molar-refractivity contribution is 7.89. The maximum absolute atomic E-state index is 11.4. The highest BCUT2D eigenvalue weighted by Gasteiger charge is 2.12.